The molecule has 2 nitrogen and oxygen atoms in total. The van der Waals surface area contributed by atoms with Crippen LogP contribution in [0.15, 0.2) is 0 Å². The van der Waals surface area contributed by atoms with Gasteiger partial charge < -0.3 is 5.11 Å². The highest BCUT2D eigenvalue weighted by molar-refractivity contribution is 8.01. The molecule has 0 spiro atoms. The van der Waals surface area contributed by atoms with Crippen LogP contribution in [0.4, 0.5) is 39.5 Å². The van der Waals surface area contributed by atoms with Gasteiger partial charge in [-0.15, -0.1) is 11.8 Å². The minimum absolute atomic E-state index is 0.131. The highest BCUT2D eigenvalue weighted by Crippen LogP contribution is 2.54. The lowest BCUT2D eigenvalue weighted by molar-refractivity contribution is -0.396. The molecule has 0 bridgehead atoms. The van der Waals surface area contributed by atoms with E-state index in [1.165, 1.54) is 6.92 Å². The van der Waals surface area contributed by atoms with Gasteiger partial charge in [0.15, 0.2) is 0 Å². The van der Waals surface area contributed by atoms with Crippen LogP contribution in [-0.4, -0.2) is 45.5 Å². The highest BCUT2D eigenvalue weighted by atomic mass is 32.2. The maximum Gasteiger partial charge on any atom is 0.460 e. The molecule has 0 saturated heterocycles. The van der Waals surface area contributed by atoms with E-state index in [4.69, 9.17) is 5.11 Å². The lowest BCUT2D eigenvalue weighted by atomic mass is 10.00. The van der Waals surface area contributed by atoms with Crippen molar-refractivity contribution in [2.24, 2.45) is 0 Å². The molecule has 0 rings (SSSR count). The van der Waals surface area contributed by atoms with Crippen molar-refractivity contribution in [3.8, 4) is 0 Å². The summed E-state index contributed by atoms with van der Waals surface area (Å²) in [6, 6.07) is 0. The second-order valence-electron chi connectivity index (χ2n) is 5.59. The van der Waals surface area contributed by atoms with E-state index in [0.29, 0.717) is 18.2 Å². The monoisotopic (exact) mass is 408 g/mol. The molecule has 150 valence electrons. The van der Waals surface area contributed by atoms with Crippen molar-refractivity contribution in [3.63, 3.8) is 0 Å². The average Bonchev–Trinajstić information content (AvgIpc) is 2.42. The molecular weight excluding hydrogens is 391 g/mol. The summed E-state index contributed by atoms with van der Waals surface area (Å²) in [6.45, 7) is 2.92. The fraction of sp³-hybridized carbons (Fsp3) is 0.923. The fourth-order valence-electron chi connectivity index (χ4n) is 1.87. The number of carbonyl (C=O) groups is 1. The predicted octanol–water partition coefficient (Wildman–Crippen LogP) is 5.61. The molecule has 0 saturated carbocycles. The number of aliphatic carboxylic acids is 1. The van der Waals surface area contributed by atoms with Crippen molar-refractivity contribution in [2.45, 2.75) is 68.2 Å². The molecule has 0 aromatic carbocycles. The van der Waals surface area contributed by atoms with Crippen LogP contribution >= 0.6 is 11.8 Å². The van der Waals surface area contributed by atoms with Crippen LogP contribution in [0.5, 0.6) is 0 Å². The molecule has 1 unspecified atom stereocenters. The van der Waals surface area contributed by atoms with E-state index in [0.717, 1.165) is 0 Å². The van der Waals surface area contributed by atoms with E-state index >= 15 is 0 Å². The average molecular weight is 408 g/mol. The van der Waals surface area contributed by atoms with Gasteiger partial charge in [0.05, 0.1) is 0 Å². The molecule has 12 heteroatoms. The van der Waals surface area contributed by atoms with Gasteiger partial charge in [0.1, 0.15) is 4.75 Å². The molecule has 1 N–H and O–H groups in total. The van der Waals surface area contributed by atoms with Gasteiger partial charge in [-0.1, -0.05) is 13.3 Å². The minimum atomic E-state index is -6.89. The summed E-state index contributed by atoms with van der Waals surface area (Å²) in [4.78, 5) is 11.1. The van der Waals surface area contributed by atoms with Crippen molar-refractivity contribution < 1.29 is 49.4 Å². The number of rotatable bonds is 10. The molecule has 0 aliphatic rings. The van der Waals surface area contributed by atoms with Crippen molar-refractivity contribution >= 4 is 17.7 Å². The molecule has 0 aromatic heterocycles. The van der Waals surface area contributed by atoms with Gasteiger partial charge in [-0.05, 0) is 25.5 Å². The Hall–Kier alpha value is -0.810. The number of carboxylic acids is 1. The Labute approximate surface area is 142 Å². The lowest BCUT2D eigenvalue weighted by Gasteiger charge is -2.33. The molecule has 1 atom stereocenters. The molecule has 0 aliphatic carbocycles. The first kappa shape index (κ1) is 24.2. The van der Waals surface area contributed by atoms with Crippen LogP contribution in [0.3, 0.4) is 0 Å². The second kappa shape index (κ2) is 7.83. The lowest BCUT2D eigenvalue weighted by Crippen LogP contribution is -2.60. The number of carboxylic acid groups (broad SMARTS) is 1. The Kier molecular flexibility index (Phi) is 7.58. The minimum Gasteiger partial charge on any atom is -0.480 e. The van der Waals surface area contributed by atoms with E-state index in [1.54, 1.807) is 6.92 Å². The predicted molar refractivity (Wildman–Crippen MR) is 73.5 cm³/mol. The second-order valence-corrected chi connectivity index (χ2v) is 7.19. The number of hydrogen-bond acceptors (Lipinski definition) is 2. The first-order valence-electron chi connectivity index (χ1n) is 7.04. The van der Waals surface area contributed by atoms with E-state index in [2.05, 4.69) is 0 Å². The van der Waals surface area contributed by atoms with E-state index in [-0.39, 0.29) is 6.42 Å². The van der Waals surface area contributed by atoms with Crippen LogP contribution < -0.4 is 0 Å². The molecular formula is C13H17F9O2S. The summed E-state index contributed by atoms with van der Waals surface area (Å²) in [6.07, 6.45) is -9.10. The Balaban J connectivity index is 4.97. The molecule has 0 radical (unpaired) electrons. The number of alkyl halides is 9. The van der Waals surface area contributed by atoms with E-state index in [9.17, 15) is 44.3 Å². The van der Waals surface area contributed by atoms with Gasteiger partial charge in [0.25, 0.3) is 0 Å². The van der Waals surface area contributed by atoms with Gasteiger partial charge in [0.2, 0.25) is 0 Å². The number of thioether (sulfide) groups is 1. The first-order chi connectivity index (χ1) is 11.0. The molecule has 0 heterocycles. The normalized spacial score (nSPS) is 16.6. The Morgan fingerprint density at radius 1 is 0.920 bits per heavy atom. The summed E-state index contributed by atoms with van der Waals surface area (Å²) in [5.41, 5.74) is 0. The van der Waals surface area contributed by atoms with Crippen LogP contribution in [0, 0.1) is 0 Å². The SMILES string of the molecule is CCCC(C)(SCCCC(F)(F)C(F)(F)C(F)(F)C(F)(F)F)C(=O)O. The van der Waals surface area contributed by atoms with Gasteiger partial charge >= 0.3 is 29.9 Å². The summed E-state index contributed by atoms with van der Waals surface area (Å²) >= 11 is 0.633. The molecule has 0 fully saturated rings. The topological polar surface area (TPSA) is 37.3 Å². The molecule has 25 heavy (non-hydrogen) atoms. The first-order valence-corrected chi connectivity index (χ1v) is 8.02. The molecule has 0 aromatic rings. The zero-order valence-electron chi connectivity index (χ0n) is 13.2. The summed E-state index contributed by atoms with van der Waals surface area (Å²) < 4.78 is 113. The summed E-state index contributed by atoms with van der Waals surface area (Å²) in [5, 5.41) is 9.04. The van der Waals surface area contributed by atoms with Crippen molar-refractivity contribution in [1.29, 1.82) is 0 Å². The van der Waals surface area contributed by atoms with Crippen LogP contribution in [0.1, 0.15) is 39.5 Å². The van der Waals surface area contributed by atoms with E-state index < -0.39 is 53.3 Å². The Bertz CT molecular complexity index is 465. The molecule has 0 amide bonds. The Morgan fingerprint density at radius 2 is 1.40 bits per heavy atom. The third kappa shape index (κ3) is 5.10. The van der Waals surface area contributed by atoms with Crippen LogP contribution in [0.2, 0.25) is 0 Å². The van der Waals surface area contributed by atoms with E-state index in [1.807, 2.05) is 0 Å². The van der Waals surface area contributed by atoms with Gasteiger partial charge in [-0.3, -0.25) is 4.79 Å². The van der Waals surface area contributed by atoms with Gasteiger partial charge in [-0.25, -0.2) is 0 Å². The standard InChI is InChI=1S/C13H17F9O2S/c1-3-5-9(2,8(23)24)25-7-4-6-10(14,15)11(16,17)12(18,19)13(20,21)22/h3-7H2,1-2H3,(H,23,24). The number of halogens is 9. The zero-order valence-corrected chi connectivity index (χ0v) is 14.0. The zero-order chi connectivity index (χ0) is 20.3. The highest BCUT2D eigenvalue weighted by Gasteiger charge is 2.81. The van der Waals surface area contributed by atoms with Crippen molar-refractivity contribution in [1.82, 2.24) is 0 Å². The van der Waals surface area contributed by atoms with Gasteiger partial charge in [-0.2, -0.15) is 39.5 Å². The smallest absolute Gasteiger partial charge is 0.460 e. The largest absolute Gasteiger partial charge is 0.480 e. The molecule has 0 aliphatic heterocycles. The summed E-state index contributed by atoms with van der Waals surface area (Å²) in [7, 11) is 0. The van der Waals surface area contributed by atoms with Gasteiger partial charge in [0, 0.05) is 6.42 Å². The number of hydrogen-bond donors (Lipinski definition) is 1. The quantitative estimate of drug-likeness (QED) is 0.377. The third-order valence-electron chi connectivity index (χ3n) is 3.44. The summed E-state index contributed by atoms with van der Waals surface area (Å²) in [5.74, 6) is -20.8. The Morgan fingerprint density at radius 3 is 1.76 bits per heavy atom. The third-order valence-corrected chi connectivity index (χ3v) is 4.95. The van der Waals surface area contributed by atoms with Crippen LogP contribution in [0.25, 0.3) is 0 Å². The fourth-order valence-corrected chi connectivity index (χ4v) is 3.09. The maximum absolute atomic E-state index is 13.3. The maximum atomic E-state index is 13.3. The van der Waals surface area contributed by atoms with Crippen LogP contribution in [-0.2, 0) is 4.79 Å². The van der Waals surface area contributed by atoms with Crippen molar-refractivity contribution in [3.05, 3.63) is 0 Å². The van der Waals surface area contributed by atoms with Crippen molar-refractivity contribution in [2.75, 3.05) is 5.75 Å².